The summed E-state index contributed by atoms with van der Waals surface area (Å²) in [5.41, 5.74) is 1.00. The van der Waals surface area contributed by atoms with Gasteiger partial charge in [-0.2, -0.15) is 0 Å². The average Bonchev–Trinajstić information content (AvgIpc) is 2.49. The molecule has 0 aliphatic carbocycles. The van der Waals surface area contributed by atoms with Crippen molar-refractivity contribution >= 4 is 30.2 Å². The van der Waals surface area contributed by atoms with Crippen molar-refractivity contribution in [1.29, 1.82) is 0 Å². The van der Waals surface area contributed by atoms with E-state index in [-0.39, 0.29) is 12.0 Å². The molecule has 0 aromatic carbocycles. The van der Waals surface area contributed by atoms with Gasteiger partial charge in [0.25, 0.3) is 0 Å². The first-order chi connectivity index (χ1) is 10.7. The molecule has 0 rings (SSSR count). The highest BCUT2D eigenvalue weighted by molar-refractivity contribution is 5.93. The van der Waals surface area contributed by atoms with Crippen LogP contribution in [0.4, 0.5) is 0 Å². The van der Waals surface area contributed by atoms with Gasteiger partial charge in [-0.25, -0.2) is 14.8 Å². The number of nitrogens with zero attached hydrogens (tertiary/aromatic N) is 3. The molecule has 0 heterocycles. The molecule has 7 heteroatoms. The molecule has 0 saturated carbocycles. The molecule has 0 radical (unpaired) electrons. The van der Waals surface area contributed by atoms with Gasteiger partial charge in [0.1, 0.15) is 5.84 Å². The Bertz CT molecular complexity index is 544. The van der Waals surface area contributed by atoms with E-state index in [1.165, 1.54) is 19.3 Å². The van der Waals surface area contributed by atoms with Crippen LogP contribution in [0.5, 0.6) is 0 Å². The molecule has 0 aromatic rings. The van der Waals surface area contributed by atoms with E-state index >= 15 is 0 Å². The van der Waals surface area contributed by atoms with Crippen LogP contribution in [0.1, 0.15) is 33.6 Å². The van der Waals surface area contributed by atoms with E-state index < -0.39 is 11.9 Å². The Morgan fingerprint density at radius 2 is 1.74 bits per heavy atom. The third kappa shape index (κ3) is 17.1. The number of aliphatic imine (C=N–C) groups is 3. The Kier molecular flexibility index (Phi) is 13.8. The molecule has 0 spiro atoms. The molecule has 0 unspecified atom stereocenters. The third-order valence-electron chi connectivity index (χ3n) is 2.19. The van der Waals surface area contributed by atoms with Gasteiger partial charge in [-0.3, -0.25) is 9.79 Å². The number of rotatable bonds is 7. The Morgan fingerprint density at radius 3 is 2.17 bits per heavy atom. The molecule has 2 N–H and O–H groups in total. The van der Waals surface area contributed by atoms with E-state index in [2.05, 4.69) is 28.3 Å². The number of amidine groups is 1. The number of allylic oxidation sites excluding steroid dienone is 2. The fourth-order valence-electron chi connectivity index (χ4n) is 0.934. The number of hydrogen-bond donors (Lipinski definition) is 2. The van der Waals surface area contributed by atoms with Crippen LogP contribution < -0.4 is 0 Å². The van der Waals surface area contributed by atoms with Crippen molar-refractivity contribution < 1.29 is 19.8 Å². The van der Waals surface area contributed by atoms with Gasteiger partial charge in [-0.15, -0.1) is 0 Å². The minimum atomic E-state index is -0.981. The molecule has 0 amide bonds. The van der Waals surface area contributed by atoms with E-state index in [0.717, 1.165) is 5.71 Å². The van der Waals surface area contributed by atoms with Crippen LogP contribution in [0.15, 0.2) is 51.7 Å². The topological polar surface area (TPSA) is 112 Å². The molecule has 23 heavy (non-hydrogen) atoms. The van der Waals surface area contributed by atoms with Gasteiger partial charge in [0.05, 0.1) is 5.57 Å². The zero-order chi connectivity index (χ0) is 18.3. The van der Waals surface area contributed by atoms with Gasteiger partial charge in [0.15, 0.2) is 0 Å². The van der Waals surface area contributed by atoms with E-state index in [4.69, 9.17) is 10.2 Å². The van der Waals surface area contributed by atoms with Gasteiger partial charge in [-0.05, 0) is 40.0 Å². The first-order valence-corrected chi connectivity index (χ1v) is 6.69. The summed E-state index contributed by atoms with van der Waals surface area (Å²) in [4.78, 5) is 31.4. The van der Waals surface area contributed by atoms with Crippen molar-refractivity contribution in [3.05, 3.63) is 36.7 Å². The SMILES string of the molecule is C=CN=C(C)/C=C\CCC(=O)O.C=NC(C)=N/C=C(\C)C(=O)O. The fourth-order valence-corrected chi connectivity index (χ4v) is 0.934. The summed E-state index contributed by atoms with van der Waals surface area (Å²) in [6.07, 6.45) is 6.97. The molecule has 0 aliphatic rings. The molecule has 0 aromatic heterocycles. The second kappa shape index (κ2) is 14.1. The molecule has 126 valence electrons. The highest BCUT2D eigenvalue weighted by atomic mass is 16.4. The Morgan fingerprint density at radius 1 is 1.13 bits per heavy atom. The first kappa shape index (κ1) is 22.5. The minimum Gasteiger partial charge on any atom is -0.481 e. The van der Waals surface area contributed by atoms with Gasteiger partial charge in [0.2, 0.25) is 0 Å². The Labute approximate surface area is 136 Å². The molecule has 0 saturated heterocycles. The quantitative estimate of drug-likeness (QED) is 0.426. The molecule has 0 aliphatic heterocycles. The van der Waals surface area contributed by atoms with Crippen molar-refractivity contribution in [3.8, 4) is 0 Å². The van der Waals surface area contributed by atoms with Crippen molar-refractivity contribution in [2.24, 2.45) is 15.0 Å². The van der Waals surface area contributed by atoms with Crippen LogP contribution in [-0.2, 0) is 9.59 Å². The number of carboxylic acids is 2. The molecule has 0 bridgehead atoms. The second-order valence-corrected chi connectivity index (χ2v) is 4.24. The van der Waals surface area contributed by atoms with Crippen LogP contribution in [0.3, 0.4) is 0 Å². The van der Waals surface area contributed by atoms with Crippen LogP contribution in [0.2, 0.25) is 0 Å². The Hall–Kier alpha value is -2.83. The van der Waals surface area contributed by atoms with Gasteiger partial charge in [-0.1, -0.05) is 12.7 Å². The molecule has 0 atom stereocenters. The molecular weight excluding hydrogens is 298 g/mol. The highest BCUT2D eigenvalue weighted by Gasteiger charge is 1.96. The highest BCUT2D eigenvalue weighted by Crippen LogP contribution is 1.93. The second-order valence-electron chi connectivity index (χ2n) is 4.24. The lowest BCUT2D eigenvalue weighted by Gasteiger charge is -1.88. The number of hydrogen-bond acceptors (Lipinski definition) is 4. The van der Waals surface area contributed by atoms with E-state index in [0.29, 0.717) is 12.3 Å². The van der Waals surface area contributed by atoms with E-state index in [1.54, 1.807) is 19.1 Å². The third-order valence-corrected chi connectivity index (χ3v) is 2.19. The Balaban J connectivity index is 0. The van der Waals surface area contributed by atoms with Gasteiger partial charge >= 0.3 is 11.9 Å². The van der Waals surface area contributed by atoms with Crippen LogP contribution in [-0.4, -0.2) is 40.4 Å². The average molecular weight is 321 g/mol. The van der Waals surface area contributed by atoms with Crippen molar-refractivity contribution in [3.63, 3.8) is 0 Å². The fraction of sp³-hybridized carbons (Fsp3) is 0.312. The maximum atomic E-state index is 10.2. The summed E-state index contributed by atoms with van der Waals surface area (Å²) in [6.45, 7) is 11.6. The normalized spacial score (nSPS) is 12.4. The lowest BCUT2D eigenvalue weighted by molar-refractivity contribution is -0.137. The minimum absolute atomic E-state index is 0.165. The van der Waals surface area contributed by atoms with Crippen LogP contribution in [0.25, 0.3) is 0 Å². The first-order valence-electron chi connectivity index (χ1n) is 6.69. The summed E-state index contributed by atoms with van der Waals surface area (Å²) >= 11 is 0. The molecule has 7 nitrogen and oxygen atoms in total. The summed E-state index contributed by atoms with van der Waals surface area (Å²) in [5.74, 6) is -1.31. The summed E-state index contributed by atoms with van der Waals surface area (Å²) in [5, 5.41) is 16.7. The van der Waals surface area contributed by atoms with Crippen LogP contribution >= 0.6 is 0 Å². The number of aliphatic carboxylic acids is 2. The van der Waals surface area contributed by atoms with Gasteiger partial charge in [0, 0.05) is 24.5 Å². The van der Waals surface area contributed by atoms with Crippen molar-refractivity contribution in [2.45, 2.75) is 33.6 Å². The largest absolute Gasteiger partial charge is 0.481 e. The van der Waals surface area contributed by atoms with E-state index in [9.17, 15) is 9.59 Å². The predicted octanol–water partition coefficient (Wildman–Crippen LogP) is 3.11. The standard InChI is InChI=1S/C9H13NO2.C7H10N2O2/c1-3-10-8(2)6-4-5-7-9(11)12;1-5(7(10)11)4-9-6(2)8-3/h3-4,6H,1,5,7H2,2H3,(H,11,12);4H,3H2,1-2H3,(H,10,11)/b6-4-,10-8?;5-4+,9-6?. The lowest BCUT2D eigenvalue weighted by atomic mass is 10.2. The smallest absolute Gasteiger partial charge is 0.332 e. The van der Waals surface area contributed by atoms with Crippen LogP contribution in [0, 0.1) is 0 Å². The number of carboxylic acid groups (broad SMARTS) is 2. The van der Waals surface area contributed by atoms with Crippen molar-refractivity contribution in [1.82, 2.24) is 0 Å². The monoisotopic (exact) mass is 321 g/mol. The predicted molar refractivity (Wildman–Crippen MR) is 93.4 cm³/mol. The maximum absolute atomic E-state index is 10.2. The number of carbonyl (C=O) groups is 2. The maximum Gasteiger partial charge on any atom is 0.332 e. The van der Waals surface area contributed by atoms with E-state index in [1.807, 2.05) is 6.92 Å². The summed E-state index contributed by atoms with van der Waals surface area (Å²) < 4.78 is 0. The van der Waals surface area contributed by atoms with Crippen molar-refractivity contribution in [2.75, 3.05) is 0 Å². The summed E-state index contributed by atoms with van der Waals surface area (Å²) in [6, 6.07) is 0. The summed E-state index contributed by atoms with van der Waals surface area (Å²) in [7, 11) is 0. The molecule has 0 fully saturated rings. The molecular formula is C16H23N3O4. The lowest BCUT2D eigenvalue weighted by Crippen LogP contribution is -1.95. The zero-order valence-corrected chi connectivity index (χ0v) is 13.7. The zero-order valence-electron chi connectivity index (χ0n) is 13.7. The van der Waals surface area contributed by atoms with Gasteiger partial charge < -0.3 is 10.2 Å².